The molecule has 4 aliphatic rings. The molecule has 362 valence electrons. The van der Waals surface area contributed by atoms with Crippen molar-refractivity contribution >= 4 is 45.3 Å². The number of rotatable bonds is 13. The van der Waals surface area contributed by atoms with Gasteiger partial charge in [0.05, 0.1) is 9.75 Å². The summed E-state index contributed by atoms with van der Waals surface area (Å²) < 4.78 is 0. The Balaban J connectivity index is 1.23. The summed E-state index contributed by atoms with van der Waals surface area (Å²) in [5.41, 5.74) is 20.7. The highest BCUT2D eigenvalue weighted by molar-refractivity contribution is 7.28. The standard InChI is InChI=1S/C64H82S4/c1-17-61(18-2)35-57(9,10)51-41(61)33-42-52(58(11,12)36-62(42,19-3)20-4)49(51)39-29-31-66-55(39)46-27-28-47(67-46)56-40(32-48(68-56)45-26-25-30-65-45)50-53-43(63(21-5,22-6)37-59(53,13)14)34-44-54(50)60(15,16)38-64(44,23-7)24-8/h25-34H,17-24,35-38H2,1-16H3. The van der Waals surface area contributed by atoms with Gasteiger partial charge in [-0.25, -0.2) is 0 Å². The number of hydrogen-bond acceptors (Lipinski definition) is 4. The van der Waals surface area contributed by atoms with Crippen molar-refractivity contribution in [2.24, 2.45) is 0 Å². The molecule has 4 heteroatoms. The van der Waals surface area contributed by atoms with Gasteiger partial charge in [-0.3, -0.25) is 0 Å². The predicted octanol–water partition coefficient (Wildman–Crippen LogP) is 21.2. The molecule has 0 nitrogen and oxygen atoms in total. The monoisotopic (exact) mass is 979 g/mol. The Morgan fingerprint density at radius 3 is 1.12 bits per heavy atom. The predicted molar refractivity (Wildman–Crippen MR) is 305 cm³/mol. The Labute approximate surface area is 428 Å². The minimum absolute atomic E-state index is 0.0678. The Kier molecular flexibility index (Phi) is 11.8. The second-order valence-electron chi connectivity index (χ2n) is 25.0. The average Bonchev–Trinajstić information content (AvgIpc) is 4.19. The molecule has 0 unspecified atom stereocenters. The summed E-state index contributed by atoms with van der Waals surface area (Å²) in [4.78, 5) is 8.58. The summed E-state index contributed by atoms with van der Waals surface area (Å²) in [7, 11) is 0. The average molecular weight is 980 g/mol. The van der Waals surface area contributed by atoms with E-state index in [9.17, 15) is 0 Å². The van der Waals surface area contributed by atoms with Crippen LogP contribution in [0.1, 0.15) is 232 Å². The molecular formula is C64H82S4. The van der Waals surface area contributed by atoms with E-state index < -0.39 is 0 Å². The van der Waals surface area contributed by atoms with Crippen molar-refractivity contribution in [3.05, 3.63) is 104 Å². The van der Waals surface area contributed by atoms with Crippen LogP contribution in [0.2, 0.25) is 0 Å². The van der Waals surface area contributed by atoms with Gasteiger partial charge in [0.2, 0.25) is 0 Å². The van der Waals surface area contributed by atoms with Crippen LogP contribution < -0.4 is 0 Å². The van der Waals surface area contributed by atoms with E-state index in [4.69, 9.17) is 0 Å². The SMILES string of the molecule is CCC1(CC)CC(C)(C)c2c1cc1c(c2-c2ccsc2-c2ccc(-c3sc(-c4cccs4)cc3-c3c4c(cc5c3C(C)(C)CC5(CC)CC)C(CC)(CC)CC4(C)C)s2)C(C)(C)CC1(CC)CC. The molecule has 0 amide bonds. The van der Waals surface area contributed by atoms with Crippen molar-refractivity contribution in [3.63, 3.8) is 0 Å². The van der Waals surface area contributed by atoms with E-state index >= 15 is 0 Å². The smallest absolute Gasteiger partial charge is 0.0528 e. The Morgan fingerprint density at radius 2 is 0.750 bits per heavy atom. The first-order chi connectivity index (χ1) is 32.2. The van der Waals surface area contributed by atoms with Crippen LogP contribution in [-0.2, 0) is 43.3 Å². The molecule has 0 bridgehead atoms. The molecule has 4 aromatic heterocycles. The van der Waals surface area contributed by atoms with Gasteiger partial charge in [-0.2, -0.15) is 0 Å². The Bertz CT molecular complexity index is 2780. The molecule has 0 spiro atoms. The fraction of sp³-hybridized carbons (Fsp3) is 0.562. The lowest BCUT2D eigenvalue weighted by atomic mass is 9.72. The summed E-state index contributed by atoms with van der Waals surface area (Å²) in [6.07, 6.45) is 14.5. The molecule has 0 aliphatic heterocycles. The molecule has 0 atom stereocenters. The van der Waals surface area contributed by atoms with Gasteiger partial charge in [-0.1, -0.05) is 129 Å². The third-order valence-corrected chi connectivity index (χ3v) is 24.5. The molecule has 0 saturated heterocycles. The fourth-order valence-corrected chi connectivity index (χ4v) is 20.8. The summed E-state index contributed by atoms with van der Waals surface area (Å²) in [6, 6.07) is 20.4. The van der Waals surface area contributed by atoms with Crippen molar-refractivity contribution in [2.75, 3.05) is 0 Å². The lowest BCUT2D eigenvalue weighted by molar-refractivity contribution is 0.322. The summed E-state index contributed by atoms with van der Waals surface area (Å²) in [5.74, 6) is 0. The van der Waals surface area contributed by atoms with E-state index in [-0.39, 0.29) is 43.3 Å². The Hall–Kier alpha value is -2.76. The molecule has 0 fully saturated rings. The van der Waals surface area contributed by atoms with Crippen LogP contribution in [0.15, 0.2) is 59.3 Å². The number of hydrogen-bond donors (Lipinski definition) is 0. The van der Waals surface area contributed by atoms with Crippen molar-refractivity contribution in [3.8, 4) is 51.5 Å². The maximum absolute atomic E-state index is 2.81. The van der Waals surface area contributed by atoms with Crippen LogP contribution in [0.25, 0.3) is 51.5 Å². The molecule has 2 aromatic carbocycles. The first-order valence-electron chi connectivity index (χ1n) is 27.0. The fourth-order valence-electron chi connectivity index (χ4n) is 16.6. The van der Waals surface area contributed by atoms with E-state index in [0.717, 1.165) is 0 Å². The largest absolute Gasteiger partial charge is 0.143 e. The highest BCUT2D eigenvalue weighted by Gasteiger charge is 2.56. The number of thiophene rings is 4. The van der Waals surface area contributed by atoms with E-state index in [0.29, 0.717) is 0 Å². The second-order valence-corrected chi connectivity index (χ2v) is 29.0. The van der Waals surface area contributed by atoms with E-state index in [1.165, 1.54) is 117 Å². The van der Waals surface area contributed by atoms with Crippen LogP contribution in [0.5, 0.6) is 0 Å². The molecule has 68 heavy (non-hydrogen) atoms. The number of fused-ring (bicyclic) bond motifs is 4. The van der Waals surface area contributed by atoms with Crippen LogP contribution in [-0.4, -0.2) is 0 Å². The zero-order chi connectivity index (χ0) is 48.8. The minimum atomic E-state index is 0.0678. The summed E-state index contributed by atoms with van der Waals surface area (Å²) in [5, 5.41) is 4.69. The molecule has 0 saturated carbocycles. The molecule has 4 aliphatic carbocycles. The maximum Gasteiger partial charge on any atom is 0.0528 e. The van der Waals surface area contributed by atoms with Gasteiger partial charge in [0.1, 0.15) is 0 Å². The van der Waals surface area contributed by atoms with Gasteiger partial charge < -0.3 is 0 Å². The molecular weight excluding hydrogens is 897 g/mol. The van der Waals surface area contributed by atoms with Crippen molar-refractivity contribution in [2.45, 2.75) is 231 Å². The third kappa shape index (κ3) is 6.70. The first-order valence-corrected chi connectivity index (χ1v) is 30.4. The normalized spacial score (nSPS) is 21.2. The van der Waals surface area contributed by atoms with Crippen LogP contribution in [0, 0.1) is 0 Å². The molecule has 0 N–H and O–H groups in total. The summed E-state index contributed by atoms with van der Waals surface area (Å²) >= 11 is 8.00. The highest BCUT2D eigenvalue weighted by Crippen LogP contribution is 2.67. The van der Waals surface area contributed by atoms with Crippen molar-refractivity contribution in [1.82, 2.24) is 0 Å². The zero-order valence-corrected chi connectivity index (χ0v) is 48.2. The minimum Gasteiger partial charge on any atom is -0.143 e. The van der Waals surface area contributed by atoms with E-state index in [2.05, 4.69) is 193 Å². The van der Waals surface area contributed by atoms with E-state index in [1.54, 1.807) is 55.6 Å². The van der Waals surface area contributed by atoms with Crippen LogP contribution >= 0.6 is 45.3 Å². The topological polar surface area (TPSA) is 0 Å². The first kappa shape index (κ1) is 48.8. The summed E-state index contributed by atoms with van der Waals surface area (Å²) in [6.45, 7) is 40.5. The van der Waals surface area contributed by atoms with E-state index in [1.807, 2.05) is 22.7 Å². The quantitative estimate of drug-likeness (QED) is 0.108. The van der Waals surface area contributed by atoms with Gasteiger partial charge in [-0.15, -0.1) is 45.3 Å². The van der Waals surface area contributed by atoms with Gasteiger partial charge in [0.25, 0.3) is 0 Å². The van der Waals surface area contributed by atoms with Crippen molar-refractivity contribution in [1.29, 1.82) is 0 Å². The van der Waals surface area contributed by atoms with Crippen molar-refractivity contribution < 1.29 is 0 Å². The van der Waals surface area contributed by atoms with Crippen LogP contribution in [0.3, 0.4) is 0 Å². The lowest BCUT2D eigenvalue weighted by Crippen LogP contribution is -2.26. The van der Waals surface area contributed by atoms with Gasteiger partial charge in [0, 0.05) is 30.6 Å². The highest BCUT2D eigenvalue weighted by atomic mass is 32.1. The lowest BCUT2D eigenvalue weighted by Gasteiger charge is -2.32. The van der Waals surface area contributed by atoms with Gasteiger partial charge >= 0.3 is 0 Å². The maximum atomic E-state index is 2.81. The zero-order valence-electron chi connectivity index (χ0n) is 44.9. The Morgan fingerprint density at radius 1 is 0.368 bits per heavy atom. The molecule has 4 heterocycles. The second kappa shape index (κ2) is 16.4. The molecule has 0 radical (unpaired) electrons. The third-order valence-electron chi connectivity index (χ3n) is 19.9. The molecule has 10 rings (SSSR count). The van der Waals surface area contributed by atoms with Gasteiger partial charge in [-0.05, 0) is 217 Å². The van der Waals surface area contributed by atoms with Gasteiger partial charge in [0.15, 0.2) is 0 Å². The molecule has 6 aromatic rings. The number of benzene rings is 2. The van der Waals surface area contributed by atoms with Crippen LogP contribution in [0.4, 0.5) is 0 Å².